The molecule has 0 spiro atoms. The first-order valence-electron chi connectivity index (χ1n) is 18.9. The molecule has 0 aliphatic carbocycles. The Labute approximate surface area is 376 Å². The van der Waals surface area contributed by atoms with Gasteiger partial charge in [0.15, 0.2) is 76.0 Å². The highest BCUT2D eigenvalue weighted by Gasteiger charge is 2.52. The zero-order valence-corrected chi connectivity index (χ0v) is 33.7. The molecule has 1 heterocycles. The molecule has 70 heavy (non-hydrogen) atoms. The minimum Gasteiger partial charge on any atom is -0.287 e. The number of halogens is 20. The fraction of sp³-hybridized carbons (Fsp3) is 0.0455. The molecule has 26 heteroatoms. The number of hydrogen-bond acceptors (Lipinski definition) is 3. The molecule has 0 fully saturated rings. The van der Waals surface area contributed by atoms with Crippen LogP contribution in [0.25, 0.3) is 16.8 Å². The highest BCUT2D eigenvalue weighted by atomic mass is 19.2. The van der Waals surface area contributed by atoms with Gasteiger partial charge in [-0.1, -0.05) is 48.5 Å². The van der Waals surface area contributed by atoms with Crippen LogP contribution in [0.15, 0.2) is 72.9 Å². The number of benzene rings is 6. The van der Waals surface area contributed by atoms with Gasteiger partial charge in [0.25, 0.3) is 0 Å². The summed E-state index contributed by atoms with van der Waals surface area (Å²) in [5.41, 5.74) is -12.9. The summed E-state index contributed by atoms with van der Waals surface area (Å²) in [6.07, 6.45) is -2.16. The zero-order chi connectivity index (χ0) is 52.0. The van der Waals surface area contributed by atoms with E-state index < -0.39 is 144 Å². The van der Waals surface area contributed by atoms with Gasteiger partial charge in [0.05, 0.1) is 5.39 Å². The summed E-state index contributed by atoms with van der Waals surface area (Å²) in [5.74, 6) is -71.4. The molecular weight excluding hydrogens is 995 g/mol. The van der Waals surface area contributed by atoms with Crippen LogP contribution in [-0.4, -0.2) is 23.4 Å². The molecule has 0 atom stereocenters. The van der Waals surface area contributed by atoms with Crippen molar-refractivity contribution >= 4 is 50.6 Å². The minimum atomic E-state index is -7.22. The molecule has 0 amide bonds. The van der Waals surface area contributed by atoms with Gasteiger partial charge in [0, 0.05) is 22.6 Å². The number of carbonyl (C=O) groups excluding carboxylic acids is 1. The monoisotopic (exact) mass is 1010 g/mol. The van der Waals surface area contributed by atoms with E-state index in [-0.39, 0.29) is 23.8 Å². The van der Waals surface area contributed by atoms with Crippen molar-refractivity contribution in [3.8, 4) is 0 Å². The third-order valence-corrected chi connectivity index (χ3v) is 10.6. The van der Waals surface area contributed by atoms with Gasteiger partial charge in [-0.15, -0.1) is 21.9 Å². The Bertz CT molecular complexity index is 2960. The molecule has 0 aliphatic heterocycles. The quantitative estimate of drug-likeness (QED) is 0.0201. The molecule has 0 saturated heterocycles. The van der Waals surface area contributed by atoms with Crippen molar-refractivity contribution in [1.82, 2.24) is 0 Å². The molecular formula is C44H17BF20N2O3. The Kier molecular flexibility index (Phi) is 14.5. The van der Waals surface area contributed by atoms with Crippen molar-refractivity contribution in [3.63, 3.8) is 0 Å². The number of hydrogen-bond donors (Lipinski definition) is 0. The van der Waals surface area contributed by atoms with E-state index in [1.807, 2.05) is 59.3 Å². The van der Waals surface area contributed by atoms with Crippen LogP contribution in [0.3, 0.4) is 0 Å². The third-order valence-electron chi connectivity index (χ3n) is 10.6. The fourth-order valence-corrected chi connectivity index (χ4v) is 7.60. The maximum absolute atomic E-state index is 15.4. The first-order chi connectivity index (χ1) is 32.8. The Balaban J connectivity index is 0.000000270. The molecule has 0 aliphatic rings. The highest BCUT2D eigenvalue weighted by molar-refractivity contribution is 7.20. The van der Waals surface area contributed by atoms with Gasteiger partial charge in [-0.3, -0.25) is 14.9 Å². The molecule has 7 aromatic rings. The van der Waals surface area contributed by atoms with Crippen molar-refractivity contribution < 1.29 is 102 Å². The van der Waals surface area contributed by atoms with Gasteiger partial charge < -0.3 is 0 Å². The molecule has 0 bridgehead atoms. The summed E-state index contributed by atoms with van der Waals surface area (Å²) >= 11 is 0. The summed E-state index contributed by atoms with van der Waals surface area (Å²) in [4.78, 5) is 22.7. The smallest absolute Gasteiger partial charge is 0.227 e. The molecule has 364 valence electrons. The number of ketones is 1. The predicted octanol–water partition coefficient (Wildman–Crippen LogP) is 9.15. The van der Waals surface area contributed by atoms with Crippen LogP contribution in [0.4, 0.5) is 87.8 Å². The van der Waals surface area contributed by atoms with Crippen LogP contribution >= 0.6 is 0 Å². The van der Waals surface area contributed by atoms with E-state index >= 15 is 35.1 Å². The van der Waals surface area contributed by atoms with Crippen LogP contribution in [-0.2, 0) is 6.54 Å². The molecule has 0 saturated carbocycles. The molecule has 5 nitrogen and oxygen atoms in total. The van der Waals surface area contributed by atoms with Crippen LogP contribution in [0.2, 0.25) is 0 Å². The first kappa shape index (κ1) is 51.6. The van der Waals surface area contributed by atoms with E-state index in [9.17, 15) is 67.6 Å². The highest BCUT2D eigenvalue weighted by Crippen LogP contribution is 2.31. The normalized spacial score (nSPS) is 11.7. The SMILES string of the molecule is Fc1c(F)c(F)c([B-](c2c(F)c(F)c(F)c(F)c2F)(c2c(F)c(F)c(F)c(F)c2F)c2c(F)c(F)c(F)c(F)c2F)c(F)c1F.O=C(C[n+]1ccc2ccccc2c1C=CC[N+](=O)[O-])c1ccccc1. The number of pyridine rings is 1. The number of rotatable bonds is 10. The number of carbonyl (C=O) groups is 1. The van der Waals surface area contributed by atoms with Crippen molar-refractivity contribution in [2.45, 2.75) is 6.54 Å². The fourth-order valence-electron chi connectivity index (χ4n) is 7.60. The lowest BCUT2D eigenvalue weighted by molar-refractivity contribution is -0.683. The number of nitrogens with zero attached hydrogens (tertiary/aromatic N) is 2. The molecule has 0 radical (unpaired) electrons. The Morgan fingerprint density at radius 1 is 0.457 bits per heavy atom. The van der Waals surface area contributed by atoms with Crippen LogP contribution in [0.1, 0.15) is 16.1 Å². The van der Waals surface area contributed by atoms with E-state index in [1.54, 1.807) is 18.2 Å². The van der Waals surface area contributed by atoms with Gasteiger partial charge in [-0.05, 0) is 17.5 Å². The van der Waals surface area contributed by atoms with Crippen LogP contribution in [0, 0.1) is 126 Å². The Morgan fingerprint density at radius 2 is 0.771 bits per heavy atom. The number of aromatic nitrogens is 1. The maximum atomic E-state index is 15.4. The van der Waals surface area contributed by atoms with Gasteiger partial charge in [-0.25, -0.2) is 87.8 Å². The largest absolute Gasteiger partial charge is 0.287 e. The average Bonchev–Trinajstić information content (AvgIpc) is 3.34. The average molecular weight is 1010 g/mol. The van der Waals surface area contributed by atoms with Crippen molar-refractivity contribution in [2.75, 3.05) is 6.54 Å². The molecule has 6 aromatic carbocycles. The number of Topliss-reactive ketones (excluding diaryl/α,β-unsaturated/α-hetero) is 1. The lowest BCUT2D eigenvalue weighted by Gasteiger charge is -2.44. The summed E-state index contributed by atoms with van der Waals surface area (Å²) < 4.78 is 296. The molecule has 0 N–H and O–H groups in total. The van der Waals surface area contributed by atoms with Crippen molar-refractivity contribution in [1.29, 1.82) is 0 Å². The second-order valence-corrected chi connectivity index (χ2v) is 14.4. The van der Waals surface area contributed by atoms with Gasteiger partial charge in [-0.2, -0.15) is 4.57 Å². The summed E-state index contributed by atoms with van der Waals surface area (Å²) in [6, 6.07) is 18.8. The van der Waals surface area contributed by atoms with Crippen molar-refractivity contribution in [3.05, 3.63) is 211 Å². The summed E-state index contributed by atoms with van der Waals surface area (Å²) in [5, 5.41) is 12.6. The summed E-state index contributed by atoms with van der Waals surface area (Å²) in [7, 11) is 0. The second kappa shape index (κ2) is 19.7. The maximum Gasteiger partial charge on any atom is 0.227 e. The lowest BCUT2D eigenvalue weighted by atomic mass is 9.12. The third kappa shape index (κ3) is 8.43. The topological polar surface area (TPSA) is 64.1 Å². The van der Waals surface area contributed by atoms with E-state index in [4.69, 9.17) is 0 Å². The predicted molar refractivity (Wildman–Crippen MR) is 205 cm³/mol. The Morgan fingerprint density at radius 3 is 1.11 bits per heavy atom. The Hall–Kier alpha value is -7.80. The van der Waals surface area contributed by atoms with E-state index in [1.165, 1.54) is 6.08 Å². The van der Waals surface area contributed by atoms with Crippen LogP contribution in [0.5, 0.6) is 0 Å². The van der Waals surface area contributed by atoms with E-state index in [0.29, 0.717) is 5.56 Å². The van der Waals surface area contributed by atoms with E-state index in [0.717, 1.165) is 16.5 Å². The molecule has 1 aromatic heterocycles. The molecule has 7 rings (SSSR count). The summed E-state index contributed by atoms with van der Waals surface area (Å²) in [6.45, 7) is -0.0805. The van der Waals surface area contributed by atoms with Gasteiger partial charge >= 0.3 is 0 Å². The molecule has 0 unspecified atom stereocenters. The minimum absolute atomic E-state index is 0.00944. The van der Waals surface area contributed by atoms with Gasteiger partial charge in [0.2, 0.25) is 24.6 Å². The zero-order valence-electron chi connectivity index (χ0n) is 33.7. The standard InChI is InChI=1S/C24BF20.C20H17N2O3/c26-5-1(6(27)14(35)21(42)13(5)34)25(2-7(28)15(36)22(43)16(37)8(2)29,3-9(30)17(38)23(44)18(39)10(3)31)4-11(32)19(40)24(45)20(41)12(4)33;23-20(17-8-2-1-3-9-17)15-21-14-12-16-7-4-5-10-18(16)19(21)11-6-13-22(24)25/h;1-12,14H,13,15H2/q-1;+1. The number of nitro groups is 1. The van der Waals surface area contributed by atoms with Gasteiger partial charge in [0.1, 0.15) is 52.7 Å². The lowest BCUT2D eigenvalue weighted by Crippen LogP contribution is -2.81. The van der Waals surface area contributed by atoms with Crippen LogP contribution < -0.4 is 26.4 Å². The first-order valence-corrected chi connectivity index (χ1v) is 18.9. The van der Waals surface area contributed by atoms with E-state index in [2.05, 4.69) is 0 Å². The second-order valence-electron chi connectivity index (χ2n) is 14.4. The number of fused-ring (bicyclic) bond motifs is 1. The van der Waals surface area contributed by atoms with Crippen molar-refractivity contribution in [2.24, 2.45) is 0 Å².